The molecule has 0 spiro atoms. The smallest absolute Gasteiger partial charge is 0.346 e. The summed E-state index contributed by atoms with van der Waals surface area (Å²) in [5, 5.41) is 9.41. The summed E-state index contributed by atoms with van der Waals surface area (Å²) in [4.78, 5) is 28.4. The summed E-state index contributed by atoms with van der Waals surface area (Å²) in [7, 11) is 1.54. The Bertz CT molecular complexity index is 1090. The van der Waals surface area contributed by atoms with Crippen LogP contribution in [0.25, 0.3) is 16.7 Å². The summed E-state index contributed by atoms with van der Waals surface area (Å²) in [6.45, 7) is 0.0524. The van der Waals surface area contributed by atoms with Crippen molar-refractivity contribution in [1.29, 1.82) is 0 Å². The van der Waals surface area contributed by atoms with Gasteiger partial charge in [-0.15, -0.1) is 0 Å². The molecule has 9 nitrogen and oxygen atoms in total. The van der Waals surface area contributed by atoms with Crippen molar-refractivity contribution in [3.8, 4) is 11.5 Å². The van der Waals surface area contributed by atoms with E-state index in [2.05, 4.69) is 5.48 Å². The zero-order valence-electron chi connectivity index (χ0n) is 14.9. The maximum atomic E-state index is 12.8. The number of carboxylic acids is 1. The Balaban J connectivity index is 1.65. The highest BCUT2D eigenvalue weighted by Gasteiger charge is 2.43. The molecule has 2 N–H and O–H groups in total. The zero-order chi connectivity index (χ0) is 19.4. The van der Waals surface area contributed by atoms with Crippen LogP contribution in [-0.2, 0) is 20.8 Å². The molecular formula is C19H17NO8. The molecule has 0 saturated carbocycles. The van der Waals surface area contributed by atoms with Gasteiger partial charge >= 0.3 is 11.6 Å². The lowest BCUT2D eigenvalue weighted by Crippen LogP contribution is -2.21. The SMILES string of the molecule is COc1cc2c(c3oc(=O)c4c(c13)CC=C4NOCC(=O)O)C1CCOC1O2. The molecule has 0 bridgehead atoms. The van der Waals surface area contributed by atoms with Crippen molar-refractivity contribution in [3.05, 3.63) is 39.3 Å². The molecule has 3 heterocycles. The number of methoxy groups -OCH3 is 1. The quantitative estimate of drug-likeness (QED) is 0.582. The molecule has 1 saturated heterocycles. The first-order valence-corrected chi connectivity index (χ1v) is 8.87. The van der Waals surface area contributed by atoms with E-state index in [1.807, 2.05) is 0 Å². The Morgan fingerprint density at radius 2 is 2.29 bits per heavy atom. The Morgan fingerprint density at radius 1 is 1.43 bits per heavy atom. The molecule has 146 valence electrons. The lowest BCUT2D eigenvalue weighted by atomic mass is 9.93. The number of nitrogens with one attached hydrogen (secondary N) is 1. The summed E-state index contributed by atoms with van der Waals surface area (Å²) in [6.07, 6.45) is 2.63. The van der Waals surface area contributed by atoms with Crippen LogP contribution in [0.15, 0.2) is 21.4 Å². The van der Waals surface area contributed by atoms with Gasteiger partial charge in [0.2, 0.25) is 6.29 Å². The molecule has 2 aromatic rings. The fraction of sp³-hybridized carbons (Fsp3) is 0.368. The summed E-state index contributed by atoms with van der Waals surface area (Å²) in [6, 6.07) is 1.80. The number of rotatable bonds is 5. The Kier molecular flexibility index (Phi) is 3.81. The second kappa shape index (κ2) is 6.25. The van der Waals surface area contributed by atoms with Gasteiger partial charge in [-0.1, -0.05) is 6.08 Å². The molecular weight excluding hydrogens is 370 g/mol. The third-order valence-corrected chi connectivity index (χ3v) is 5.28. The number of benzene rings is 1. The van der Waals surface area contributed by atoms with E-state index >= 15 is 0 Å². The molecule has 1 aromatic heterocycles. The Labute approximate surface area is 158 Å². The van der Waals surface area contributed by atoms with E-state index in [9.17, 15) is 9.59 Å². The van der Waals surface area contributed by atoms with E-state index in [1.165, 1.54) is 0 Å². The van der Waals surface area contributed by atoms with E-state index in [-0.39, 0.29) is 12.2 Å². The molecule has 5 rings (SSSR count). The third kappa shape index (κ3) is 2.40. The fourth-order valence-electron chi connectivity index (χ4n) is 4.16. The van der Waals surface area contributed by atoms with Crippen molar-refractivity contribution in [1.82, 2.24) is 5.48 Å². The fourth-order valence-corrected chi connectivity index (χ4v) is 4.16. The number of allylic oxidation sites excluding steroid dienone is 1. The molecule has 28 heavy (non-hydrogen) atoms. The molecule has 2 atom stereocenters. The maximum Gasteiger partial charge on any atom is 0.346 e. The van der Waals surface area contributed by atoms with Gasteiger partial charge in [0.25, 0.3) is 0 Å². The van der Waals surface area contributed by atoms with Crippen LogP contribution < -0.4 is 20.6 Å². The average Bonchev–Trinajstić information content (AvgIpc) is 3.34. The monoisotopic (exact) mass is 387 g/mol. The molecule has 2 unspecified atom stereocenters. The van der Waals surface area contributed by atoms with Crippen LogP contribution in [-0.4, -0.2) is 37.7 Å². The van der Waals surface area contributed by atoms with Crippen molar-refractivity contribution in [3.63, 3.8) is 0 Å². The van der Waals surface area contributed by atoms with Gasteiger partial charge in [-0.25, -0.2) is 9.59 Å². The largest absolute Gasteiger partial charge is 0.496 e. The lowest BCUT2D eigenvalue weighted by molar-refractivity contribution is -0.143. The number of aliphatic carboxylic acids is 1. The number of fused-ring (bicyclic) bond motifs is 7. The second-order valence-electron chi connectivity index (χ2n) is 6.80. The minimum atomic E-state index is -1.12. The van der Waals surface area contributed by atoms with E-state index in [0.29, 0.717) is 46.8 Å². The average molecular weight is 387 g/mol. The van der Waals surface area contributed by atoms with Gasteiger partial charge in [-0.2, -0.15) is 0 Å². The number of ether oxygens (including phenoxy) is 3. The van der Waals surface area contributed by atoms with Crippen LogP contribution in [0.4, 0.5) is 0 Å². The number of hydrogen-bond donors (Lipinski definition) is 2. The summed E-state index contributed by atoms with van der Waals surface area (Å²) in [5.74, 6) is 0.0315. The van der Waals surface area contributed by atoms with Crippen LogP contribution in [0.3, 0.4) is 0 Å². The normalized spacial score (nSPS) is 21.7. The third-order valence-electron chi connectivity index (χ3n) is 5.28. The van der Waals surface area contributed by atoms with Crippen LogP contribution in [0.2, 0.25) is 0 Å². The van der Waals surface area contributed by atoms with Gasteiger partial charge < -0.3 is 23.7 Å². The molecule has 9 heteroatoms. The predicted molar refractivity (Wildman–Crippen MR) is 95.2 cm³/mol. The topological polar surface area (TPSA) is 116 Å². The van der Waals surface area contributed by atoms with Crippen molar-refractivity contribution in [2.45, 2.75) is 25.0 Å². The van der Waals surface area contributed by atoms with E-state index < -0.39 is 18.2 Å². The van der Waals surface area contributed by atoms with Gasteiger partial charge in [0.05, 0.1) is 36.3 Å². The first kappa shape index (κ1) is 17.1. The highest BCUT2D eigenvalue weighted by Crippen LogP contribution is 2.51. The number of hydrogen-bond acceptors (Lipinski definition) is 8. The van der Waals surface area contributed by atoms with Gasteiger partial charge in [0.1, 0.15) is 17.1 Å². The van der Waals surface area contributed by atoms with Gasteiger partial charge in [0, 0.05) is 11.6 Å². The Morgan fingerprint density at radius 3 is 3.07 bits per heavy atom. The van der Waals surface area contributed by atoms with Gasteiger partial charge in [-0.05, 0) is 18.4 Å². The molecule has 0 amide bonds. The summed E-state index contributed by atoms with van der Waals surface area (Å²) >= 11 is 0. The van der Waals surface area contributed by atoms with Crippen molar-refractivity contribution < 1.29 is 33.4 Å². The minimum Gasteiger partial charge on any atom is -0.496 e. The highest BCUT2D eigenvalue weighted by atomic mass is 16.7. The second-order valence-corrected chi connectivity index (χ2v) is 6.80. The van der Waals surface area contributed by atoms with Gasteiger partial charge in [0.15, 0.2) is 6.61 Å². The van der Waals surface area contributed by atoms with Crippen LogP contribution in [0.5, 0.6) is 11.5 Å². The predicted octanol–water partition coefficient (Wildman–Crippen LogP) is 1.53. The van der Waals surface area contributed by atoms with Gasteiger partial charge in [-0.3, -0.25) is 10.3 Å². The van der Waals surface area contributed by atoms with Crippen LogP contribution in [0.1, 0.15) is 29.0 Å². The number of carbonyl (C=O) groups is 1. The molecule has 3 aliphatic rings. The molecule has 2 aliphatic heterocycles. The van der Waals surface area contributed by atoms with E-state index in [1.54, 1.807) is 19.3 Å². The summed E-state index contributed by atoms with van der Waals surface area (Å²) < 4.78 is 22.8. The first-order valence-electron chi connectivity index (χ1n) is 8.87. The molecule has 1 aliphatic carbocycles. The summed E-state index contributed by atoms with van der Waals surface area (Å²) in [5.41, 5.74) is 4.74. The molecule has 1 fully saturated rings. The minimum absolute atomic E-state index is 0.00969. The molecule has 1 aromatic carbocycles. The van der Waals surface area contributed by atoms with E-state index in [4.69, 9.17) is 28.6 Å². The van der Waals surface area contributed by atoms with E-state index in [0.717, 1.165) is 17.5 Å². The first-order chi connectivity index (χ1) is 13.6. The van der Waals surface area contributed by atoms with Crippen LogP contribution >= 0.6 is 0 Å². The lowest BCUT2D eigenvalue weighted by Gasteiger charge is -2.14. The standard InChI is InChI=1S/C19H17NO8/c1-24-11-6-12-16(9-4-5-25-19(9)27-12)17-15(11)8-2-3-10(14(8)18(23)28-17)20-26-7-13(21)22/h3,6,9,19-20H,2,4-5,7H2,1H3,(H,21,22). The number of hydroxylamine groups is 1. The zero-order valence-corrected chi connectivity index (χ0v) is 14.9. The molecule has 0 radical (unpaired) electrons. The number of carboxylic acid groups (broad SMARTS) is 1. The van der Waals surface area contributed by atoms with Crippen molar-refractivity contribution >= 4 is 22.6 Å². The Hall–Kier alpha value is -3.04. The van der Waals surface area contributed by atoms with Crippen molar-refractivity contribution in [2.75, 3.05) is 20.3 Å². The van der Waals surface area contributed by atoms with Crippen LogP contribution in [0, 0.1) is 0 Å². The van der Waals surface area contributed by atoms with Crippen molar-refractivity contribution in [2.24, 2.45) is 0 Å². The highest BCUT2D eigenvalue weighted by molar-refractivity contribution is 5.96. The maximum absolute atomic E-state index is 12.8.